The molecule has 0 unspecified atom stereocenters. The van der Waals surface area contributed by atoms with Crippen molar-refractivity contribution >= 4 is 5.69 Å². The lowest BCUT2D eigenvalue weighted by Crippen LogP contribution is -2.21. The summed E-state index contributed by atoms with van der Waals surface area (Å²) in [6.45, 7) is 1.77. The number of anilines is 1. The molecule has 2 aromatic carbocycles. The maximum absolute atomic E-state index is 3.23. The molecule has 2 rings (SSSR count). The summed E-state index contributed by atoms with van der Waals surface area (Å²) in [7, 11) is 4.17. The Balaban J connectivity index is 1.86. The Bertz CT molecular complexity index is 494. The smallest absolute Gasteiger partial charge is 0.0487 e. The quantitative estimate of drug-likeness (QED) is 0.777. The zero-order valence-corrected chi connectivity index (χ0v) is 11.6. The van der Waals surface area contributed by atoms with E-state index in [1.807, 2.05) is 30.3 Å². The van der Waals surface area contributed by atoms with Crippen LogP contribution in [0.1, 0.15) is 11.1 Å². The predicted octanol–water partition coefficient (Wildman–Crippen LogP) is 2.86. The number of hydrogen-bond acceptors (Lipinski definition) is 3. The average molecular weight is 255 g/mol. The molecule has 0 aliphatic carbocycles. The summed E-state index contributed by atoms with van der Waals surface area (Å²) in [6.07, 6.45) is 0. The zero-order valence-electron chi connectivity index (χ0n) is 11.6. The van der Waals surface area contributed by atoms with Crippen molar-refractivity contribution in [1.29, 1.82) is 0 Å². The number of nitrogens with zero attached hydrogens (tertiary/aromatic N) is 1. The van der Waals surface area contributed by atoms with Crippen molar-refractivity contribution in [2.24, 2.45) is 0 Å². The van der Waals surface area contributed by atoms with Gasteiger partial charge in [-0.3, -0.25) is 0 Å². The molecule has 0 amide bonds. The van der Waals surface area contributed by atoms with Gasteiger partial charge < -0.3 is 10.3 Å². The van der Waals surface area contributed by atoms with E-state index in [0.717, 1.165) is 18.8 Å². The van der Waals surface area contributed by atoms with Crippen molar-refractivity contribution in [2.45, 2.75) is 13.1 Å². The highest BCUT2D eigenvalue weighted by molar-refractivity contribution is 5.41. The number of nitrogens with one attached hydrogen (secondary N) is 2. The largest absolute Gasteiger partial charge is 0.321 e. The molecule has 0 heterocycles. The molecule has 0 atom stereocenters. The lowest BCUT2D eigenvalue weighted by molar-refractivity contribution is 0.402. The van der Waals surface area contributed by atoms with Crippen molar-refractivity contribution in [3.8, 4) is 0 Å². The zero-order chi connectivity index (χ0) is 13.5. The summed E-state index contributed by atoms with van der Waals surface area (Å²) in [5.41, 5.74) is 10.1. The van der Waals surface area contributed by atoms with Gasteiger partial charge in [0.2, 0.25) is 0 Å². The van der Waals surface area contributed by atoms with Gasteiger partial charge in [-0.25, -0.2) is 5.43 Å². The molecule has 0 aliphatic rings. The van der Waals surface area contributed by atoms with Gasteiger partial charge in [-0.15, -0.1) is 0 Å². The third-order valence-corrected chi connectivity index (χ3v) is 2.79. The van der Waals surface area contributed by atoms with Crippen LogP contribution < -0.4 is 10.9 Å². The summed E-state index contributed by atoms with van der Waals surface area (Å²) in [5, 5.41) is 0. The lowest BCUT2D eigenvalue weighted by atomic mass is 10.1. The second kappa shape index (κ2) is 6.92. The minimum atomic E-state index is 0.802. The Morgan fingerprint density at radius 3 is 2.37 bits per heavy atom. The normalized spacial score (nSPS) is 10.7. The molecule has 19 heavy (non-hydrogen) atoms. The molecule has 0 bridgehead atoms. The van der Waals surface area contributed by atoms with Gasteiger partial charge in [0.15, 0.2) is 0 Å². The van der Waals surface area contributed by atoms with Crippen LogP contribution in [0.4, 0.5) is 5.69 Å². The van der Waals surface area contributed by atoms with E-state index in [2.05, 4.69) is 54.1 Å². The average Bonchev–Trinajstić information content (AvgIpc) is 2.40. The fourth-order valence-electron chi connectivity index (χ4n) is 1.97. The van der Waals surface area contributed by atoms with Gasteiger partial charge >= 0.3 is 0 Å². The van der Waals surface area contributed by atoms with E-state index in [-0.39, 0.29) is 0 Å². The number of para-hydroxylation sites is 1. The van der Waals surface area contributed by atoms with E-state index >= 15 is 0 Å². The van der Waals surface area contributed by atoms with Crippen LogP contribution in [0.25, 0.3) is 0 Å². The predicted molar refractivity (Wildman–Crippen MR) is 80.7 cm³/mol. The molecule has 3 nitrogen and oxygen atoms in total. The number of hydrogen-bond donors (Lipinski definition) is 2. The van der Waals surface area contributed by atoms with Gasteiger partial charge in [0.25, 0.3) is 0 Å². The molecular weight excluding hydrogens is 234 g/mol. The molecule has 0 saturated carbocycles. The van der Waals surface area contributed by atoms with Gasteiger partial charge in [0.05, 0.1) is 0 Å². The first-order valence-electron chi connectivity index (χ1n) is 6.50. The molecule has 3 heteroatoms. The summed E-state index contributed by atoms with van der Waals surface area (Å²) < 4.78 is 0. The van der Waals surface area contributed by atoms with Crippen LogP contribution in [-0.2, 0) is 13.1 Å². The lowest BCUT2D eigenvalue weighted by Gasteiger charge is -2.12. The van der Waals surface area contributed by atoms with Crippen LogP contribution in [0, 0.1) is 0 Å². The molecule has 2 aromatic rings. The summed E-state index contributed by atoms with van der Waals surface area (Å²) in [6, 6.07) is 18.8. The highest BCUT2D eigenvalue weighted by Gasteiger charge is 1.97. The molecule has 0 aromatic heterocycles. The van der Waals surface area contributed by atoms with E-state index in [9.17, 15) is 0 Å². The van der Waals surface area contributed by atoms with Crippen LogP contribution >= 0.6 is 0 Å². The molecule has 0 fully saturated rings. The Morgan fingerprint density at radius 2 is 1.63 bits per heavy atom. The molecule has 2 N–H and O–H groups in total. The van der Waals surface area contributed by atoms with Crippen LogP contribution in [0.5, 0.6) is 0 Å². The van der Waals surface area contributed by atoms with Gasteiger partial charge in [-0.2, -0.15) is 0 Å². The number of rotatable bonds is 6. The summed E-state index contributed by atoms with van der Waals surface area (Å²) in [5.74, 6) is 0. The van der Waals surface area contributed by atoms with Gasteiger partial charge in [0.1, 0.15) is 0 Å². The van der Waals surface area contributed by atoms with Crippen molar-refractivity contribution in [3.05, 3.63) is 65.7 Å². The van der Waals surface area contributed by atoms with Gasteiger partial charge in [0, 0.05) is 18.8 Å². The third-order valence-electron chi connectivity index (χ3n) is 2.79. The van der Waals surface area contributed by atoms with Crippen molar-refractivity contribution in [1.82, 2.24) is 10.3 Å². The van der Waals surface area contributed by atoms with E-state index in [1.54, 1.807) is 0 Å². The van der Waals surface area contributed by atoms with E-state index in [1.165, 1.54) is 11.1 Å². The van der Waals surface area contributed by atoms with Crippen molar-refractivity contribution in [2.75, 3.05) is 19.5 Å². The van der Waals surface area contributed by atoms with Crippen LogP contribution in [-0.4, -0.2) is 19.0 Å². The topological polar surface area (TPSA) is 27.3 Å². The second-order valence-electron chi connectivity index (χ2n) is 4.90. The molecule has 0 saturated heterocycles. The van der Waals surface area contributed by atoms with Crippen LogP contribution in [0.15, 0.2) is 54.6 Å². The Hall–Kier alpha value is -1.84. The standard InChI is InChI=1S/C16H21N3/c1-19(2)13-15-8-6-7-14(11-15)12-17-18-16-9-4-3-5-10-16/h3-11,17-18H,12-13H2,1-2H3. The monoisotopic (exact) mass is 255 g/mol. The van der Waals surface area contributed by atoms with Crippen molar-refractivity contribution in [3.63, 3.8) is 0 Å². The third kappa shape index (κ3) is 4.73. The van der Waals surface area contributed by atoms with E-state index < -0.39 is 0 Å². The molecule has 100 valence electrons. The minimum Gasteiger partial charge on any atom is -0.321 e. The first kappa shape index (κ1) is 13.6. The van der Waals surface area contributed by atoms with Crippen LogP contribution in [0.3, 0.4) is 0 Å². The second-order valence-corrected chi connectivity index (χ2v) is 4.90. The maximum atomic E-state index is 3.23. The SMILES string of the molecule is CN(C)Cc1cccc(CNNc2ccccc2)c1. The first-order chi connectivity index (χ1) is 9.24. The Morgan fingerprint density at radius 1 is 0.895 bits per heavy atom. The number of hydrazine groups is 1. The fourth-order valence-corrected chi connectivity index (χ4v) is 1.97. The minimum absolute atomic E-state index is 0.802. The first-order valence-corrected chi connectivity index (χ1v) is 6.50. The summed E-state index contributed by atoms with van der Waals surface area (Å²) in [4.78, 5) is 2.18. The van der Waals surface area contributed by atoms with Crippen LogP contribution in [0.2, 0.25) is 0 Å². The Kier molecular flexibility index (Phi) is 4.95. The molecule has 0 aliphatic heterocycles. The van der Waals surface area contributed by atoms with Crippen molar-refractivity contribution < 1.29 is 0 Å². The number of benzene rings is 2. The van der Waals surface area contributed by atoms with Gasteiger partial charge in [-0.1, -0.05) is 42.5 Å². The van der Waals surface area contributed by atoms with Gasteiger partial charge in [-0.05, 0) is 37.4 Å². The highest BCUT2D eigenvalue weighted by atomic mass is 15.3. The molecule has 0 radical (unpaired) electrons. The summed E-state index contributed by atoms with van der Waals surface area (Å²) >= 11 is 0. The maximum Gasteiger partial charge on any atom is 0.0487 e. The fraction of sp³-hybridized carbons (Fsp3) is 0.250. The van der Waals surface area contributed by atoms with E-state index in [4.69, 9.17) is 0 Å². The highest BCUT2D eigenvalue weighted by Crippen LogP contribution is 2.07. The molecule has 0 spiro atoms. The van der Waals surface area contributed by atoms with E-state index in [0.29, 0.717) is 0 Å². The molecular formula is C16H21N3. The Labute approximate surface area is 115 Å².